The summed E-state index contributed by atoms with van der Waals surface area (Å²) in [7, 11) is 0. The first kappa shape index (κ1) is 19.4. The van der Waals surface area contributed by atoms with Gasteiger partial charge < -0.3 is 15.2 Å². The van der Waals surface area contributed by atoms with Crippen molar-refractivity contribution in [1.82, 2.24) is 9.88 Å². The third-order valence-electron chi connectivity index (χ3n) is 3.85. The van der Waals surface area contributed by atoms with Crippen LogP contribution >= 0.6 is 0 Å². The molecule has 2 amide bonds. The molecule has 1 aromatic heterocycles. The van der Waals surface area contributed by atoms with Crippen molar-refractivity contribution in [3.8, 4) is 0 Å². The van der Waals surface area contributed by atoms with Crippen molar-refractivity contribution in [1.29, 1.82) is 0 Å². The maximum atomic E-state index is 12.9. The van der Waals surface area contributed by atoms with E-state index in [4.69, 9.17) is 0 Å². The van der Waals surface area contributed by atoms with Gasteiger partial charge in [-0.15, -0.1) is 0 Å². The summed E-state index contributed by atoms with van der Waals surface area (Å²) in [5, 5.41) is 5.27. The molecule has 2 N–H and O–H groups in total. The van der Waals surface area contributed by atoms with Crippen molar-refractivity contribution in [2.45, 2.75) is 39.8 Å². The standard InChI is InChI=1S/C19H22FN3O3/c1-3-4-17(24)22-16-10-5-13(2)23(19(16)26)12-18(25)21-11-14-6-8-15(20)9-7-14/h5-10H,3-4,11-12H2,1-2H3,(H,21,25)(H,22,24). The molecule has 0 aliphatic carbocycles. The van der Waals surface area contributed by atoms with Crippen molar-refractivity contribution >= 4 is 17.5 Å². The number of hydrogen-bond donors (Lipinski definition) is 2. The molecule has 0 fully saturated rings. The van der Waals surface area contributed by atoms with E-state index >= 15 is 0 Å². The molecule has 0 atom stereocenters. The van der Waals surface area contributed by atoms with Crippen molar-refractivity contribution in [2.75, 3.05) is 5.32 Å². The molecular formula is C19H22FN3O3. The van der Waals surface area contributed by atoms with E-state index in [2.05, 4.69) is 10.6 Å². The molecule has 1 heterocycles. The van der Waals surface area contributed by atoms with E-state index in [1.165, 1.54) is 22.8 Å². The van der Waals surface area contributed by atoms with Gasteiger partial charge in [-0.05, 0) is 43.2 Å². The van der Waals surface area contributed by atoms with E-state index in [1.54, 1.807) is 25.1 Å². The van der Waals surface area contributed by atoms with Gasteiger partial charge in [0.25, 0.3) is 5.56 Å². The summed E-state index contributed by atoms with van der Waals surface area (Å²) in [4.78, 5) is 36.4. The normalized spacial score (nSPS) is 10.4. The number of benzene rings is 1. The molecular weight excluding hydrogens is 337 g/mol. The second-order valence-electron chi connectivity index (χ2n) is 5.98. The van der Waals surface area contributed by atoms with E-state index in [-0.39, 0.29) is 36.4 Å². The average Bonchev–Trinajstić information content (AvgIpc) is 2.61. The van der Waals surface area contributed by atoms with Crippen LogP contribution in [0.3, 0.4) is 0 Å². The molecule has 0 radical (unpaired) electrons. The molecule has 0 spiro atoms. The lowest BCUT2D eigenvalue weighted by Gasteiger charge is -2.13. The molecule has 138 valence electrons. The fourth-order valence-electron chi connectivity index (χ4n) is 2.40. The molecule has 0 aliphatic heterocycles. The van der Waals surface area contributed by atoms with E-state index in [1.807, 2.05) is 6.92 Å². The van der Waals surface area contributed by atoms with Crippen LogP contribution in [0.1, 0.15) is 31.0 Å². The first-order valence-corrected chi connectivity index (χ1v) is 8.42. The number of carbonyl (C=O) groups excluding carboxylic acids is 2. The minimum absolute atomic E-state index is 0.153. The number of carbonyl (C=O) groups is 2. The highest BCUT2D eigenvalue weighted by atomic mass is 19.1. The highest BCUT2D eigenvalue weighted by molar-refractivity contribution is 5.90. The number of pyridine rings is 1. The molecule has 2 rings (SSSR count). The van der Waals surface area contributed by atoms with Crippen molar-refractivity contribution in [2.24, 2.45) is 0 Å². The SMILES string of the molecule is CCCC(=O)Nc1ccc(C)n(CC(=O)NCc2ccc(F)cc2)c1=O. The number of halogens is 1. The lowest BCUT2D eigenvalue weighted by atomic mass is 10.2. The lowest BCUT2D eigenvalue weighted by molar-refractivity contribution is -0.122. The van der Waals surface area contributed by atoms with Gasteiger partial charge in [0.15, 0.2) is 0 Å². The van der Waals surface area contributed by atoms with Crippen LogP contribution < -0.4 is 16.2 Å². The van der Waals surface area contributed by atoms with Gasteiger partial charge in [0.05, 0.1) is 0 Å². The Hall–Kier alpha value is -2.96. The van der Waals surface area contributed by atoms with Gasteiger partial charge in [-0.1, -0.05) is 19.1 Å². The smallest absolute Gasteiger partial charge is 0.274 e. The van der Waals surface area contributed by atoms with E-state index < -0.39 is 5.56 Å². The minimum Gasteiger partial charge on any atom is -0.350 e. The maximum absolute atomic E-state index is 12.9. The van der Waals surface area contributed by atoms with Crippen molar-refractivity contribution < 1.29 is 14.0 Å². The molecule has 7 heteroatoms. The second-order valence-corrected chi connectivity index (χ2v) is 5.98. The van der Waals surface area contributed by atoms with Crippen LogP contribution in [0.25, 0.3) is 0 Å². The third kappa shape index (κ3) is 5.27. The molecule has 1 aromatic carbocycles. The van der Waals surface area contributed by atoms with Crippen LogP contribution in [0, 0.1) is 12.7 Å². The van der Waals surface area contributed by atoms with Crippen LogP contribution in [0.15, 0.2) is 41.2 Å². The van der Waals surface area contributed by atoms with Gasteiger partial charge >= 0.3 is 0 Å². The highest BCUT2D eigenvalue weighted by Crippen LogP contribution is 2.05. The molecule has 2 aromatic rings. The van der Waals surface area contributed by atoms with Gasteiger partial charge in [0.1, 0.15) is 18.0 Å². The number of anilines is 1. The number of hydrogen-bond acceptors (Lipinski definition) is 3. The zero-order valence-corrected chi connectivity index (χ0v) is 14.8. The molecule has 0 aliphatic rings. The minimum atomic E-state index is -0.425. The summed E-state index contributed by atoms with van der Waals surface area (Å²) in [6.45, 7) is 3.66. The first-order valence-electron chi connectivity index (χ1n) is 8.42. The van der Waals surface area contributed by atoms with Crippen LogP contribution in [0.4, 0.5) is 10.1 Å². The predicted molar refractivity (Wildman–Crippen MR) is 97.2 cm³/mol. The van der Waals surface area contributed by atoms with E-state index in [0.717, 1.165) is 5.56 Å². The van der Waals surface area contributed by atoms with Crippen LogP contribution in [-0.2, 0) is 22.7 Å². The fourth-order valence-corrected chi connectivity index (χ4v) is 2.40. The first-order chi connectivity index (χ1) is 12.4. The number of nitrogens with one attached hydrogen (secondary N) is 2. The number of rotatable bonds is 7. The zero-order chi connectivity index (χ0) is 19.1. The number of aryl methyl sites for hydroxylation is 1. The van der Waals surface area contributed by atoms with Gasteiger partial charge in [-0.2, -0.15) is 0 Å². The summed E-state index contributed by atoms with van der Waals surface area (Å²) in [5.41, 5.74) is 1.09. The predicted octanol–water partition coefficient (Wildman–Crippen LogP) is 2.35. The highest BCUT2D eigenvalue weighted by Gasteiger charge is 2.12. The largest absolute Gasteiger partial charge is 0.350 e. The molecule has 0 saturated carbocycles. The lowest BCUT2D eigenvalue weighted by Crippen LogP contribution is -2.34. The quantitative estimate of drug-likeness (QED) is 0.796. The van der Waals surface area contributed by atoms with Gasteiger partial charge in [-0.3, -0.25) is 14.4 Å². The van der Waals surface area contributed by atoms with Crippen LogP contribution in [0.5, 0.6) is 0 Å². The average molecular weight is 359 g/mol. The van der Waals surface area contributed by atoms with Crippen molar-refractivity contribution in [3.05, 3.63) is 63.8 Å². The Morgan fingerprint density at radius 2 is 1.77 bits per heavy atom. The Kier molecular flexibility index (Phi) is 6.66. The molecule has 0 unspecified atom stereocenters. The monoisotopic (exact) mass is 359 g/mol. The topological polar surface area (TPSA) is 80.2 Å². The molecule has 6 nitrogen and oxygen atoms in total. The van der Waals surface area contributed by atoms with Crippen molar-refractivity contribution in [3.63, 3.8) is 0 Å². The number of nitrogens with zero attached hydrogens (tertiary/aromatic N) is 1. The van der Waals surface area contributed by atoms with E-state index in [0.29, 0.717) is 18.5 Å². The fraction of sp³-hybridized carbons (Fsp3) is 0.316. The Morgan fingerprint density at radius 3 is 2.42 bits per heavy atom. The Bertz CT molecular complexity index is 844. The number of amides is 2. The summed E-state index contributed by atoms with van der Waals surface area (Å²) >= 11 is 0. The Balaban J connectivity index is 2.05. The Labute approximate surface area is 151 Å². The molecule has 0 bridgehead atoms. The summed E-state index contributed by atoms with van der Waals surface area (Å²) < 4.78 is 14.2. The summed E-state index contributed by atoms with van der Waals surface area (Å²) in [6, 6.07) is 9.01. The summed E-state index contributed by atoms with van der Waals surface area (Å²) in [5.74, 6) is -0.929. The zero-order valence-electron chi connectivity index (χ0n) is 14.8. The van der Waals surface area contributed by atoms with Gasteiger partial charge in [0, 0.05) is 18.7 Å². The number of aromatic nitrogens is 1. The maximum Gasteiger partial charge on any atom is 0.274 e. The summed E-state index contributed by atoms with van der Waals surface area (Å²) in [6.07, 6.45) is 1.00. The second kappa shape index (κ2) is 8.94. The third-order valence-corrected chi connectivity index (χ3v) is 3.85. The van der Waals surface area contributed by atoms with Crippen LogP contribution in [0.2, 0.25) is 0 Å². The van der Waals surface area contributed by atoms with Gasteiger partial charge in [-0.25, -0.2) is 4.39 Å². The molecule has 26 heavy (non-hydrogen) atoms. The molecule has 0 saturated heterocycles. The Morgan fingerprint density at radius 1 is 1.08 bits per heavy atom. The van der Waals surface area contributed by atoms with Crippen LogP contribution in [-0.4, -0.2) is 16.4 Å². The van der Waals surface area contributed by atoms with E-state index in [9.17, 15) is 18.8 Å². The van der Waals surface area contributed by atoms with Gasteiger partial charge in [0.2, 0.25) is 11.8 Å².